The average Bonchev–Trinajstić information content (AvgIpc) is 2.32. The third-order valence-electron chi connectivity index (χ3n) is 4.28. The van der Waals surface area contributed by atoms with Gasteiger partial charge in [-0.05, 0) is 26.0 Å². The van der Waals surface area contributed by atoms with Crippen molar-refractivity contribution < 1.29 is 0 Å². The van der Waals surface area contributed by atoms with E-state index in [-0.39, 0.29) is 0 Å². The van der Waals surface area contributed by atoms with Gasteiger partial charge in [-0.15, -0.1) is 0 Å². The Bertz CT molecular complexity index is 395. The lowest BCUT2D eigenvalue weighted by Crippen LogP contribution is -2.65. The summed E-state index contributed by atoms with van der Waals surface area (Å²) in [7, 11) is 0. The summed E-state index contributed by atoms with van der Waals surface area (Å²) in [6.07, 6.45) is 0. The molecule has 1 aromatic carbocycles. The molecule has 0 amide bonds. The van der Waals surface area contributed by atoms with Gasteiger partial charge in [0, 0.05) is 50.5 Å². The van der Waals surface area contributed by atoms with Crippen LogP contribution in [-0.2, 0) is 0 Å². The first-order valence-corrected chi connectivity index (χ1v) is 7.02. The summed E-state index contributed by atoms with van der Waals surface area (Å²) in [6, 6.07) is 10.3. The molecule has 0 aromatic heterocycles. The van der Waals surface area contributed by atoms with Gasteiger partial charge in [-0.25, -0.2) is 0 Å². The second-order valence-electron chi connectivity index (χ2n) is 5.69. The molecule has 2 aliphatic heterocycles. The summed E-state index contributed by atoms with van der Waals surface area (Å²) in [5.41, 5.74) is 2.71. The lowest BCUT2D eigenvalue weighted by molar-refractivity contribution is 0.0974. The minimum absolute atomic E-state index is 0.684. The van der Waals surface area contributed by atoms with Crippen molar-refractivity contribution >= 4 is 5.69 Å². The summed E-state index contributed by atoms with van der Waals surface area (Å²) in [5, 5.41) is 3.46. The van der Waals surface area contributed by atoms with Gasteiger partial charge < -0.3 is 10.2 Å². The van der Waals surface area contributed by atoms with E-state index in [0.29, 0.717) is 6.04 Å². The highest BCUT2D eigenvalue weighted by Gasteiger charge is 2.34. The first-order valence-electron chi connectivity index (χ1n) is 7.02. The fraction of sp³-hybridized carbons (Fsp3) is 0.600. The van der Waals surface area contributed by atoms with Crippen LogP contribution in [0.5, 0.6) is 0 Å². The van der Waals surface area contributed by atoms with Crippen LogP contribution >= 0.6 is 0 Å². The van der Waals surface area contributed by atoms with Crippen molar-refractivity contribution in [3.63, 3.8) is 0 Å². The van der Waals surface area contributed by atoms with Crippen LogP contribution in [-0.4, -0.2) is 49.7 Å². The lowest BCUT2D eigenvalue weighted by atomic mass is 10.0. The van der Waals surface area contributed by atoms with E-state index < -0.39 is 0 Å². The molecule has 2 aliphatic rings. The number of rotatable bonds is 2. The number of nitrogens with one attached hydrogen (secondary N) is 1. The molecule has 0 saturated carbocycles. The van der Waals surface area contributed by atoms with Gasteiger partial charge in [-0.3, -0.25) is 4.90 Å². The molecule has 2 fully saturated rings. The minimum Gasteiger partial charge on any atom is -0.368 e. The second-order valence-corrected chi connectivity index (χ2v) is 5.69. The Morgan fingerprint density at radius 2 is 1.89 bits per heavy atom. The van der Waals surface area contributed by atoms with Crippen LogP contribution in [0.15, 0.2) is 24.3 Å². The molecule has 0 radical (unpaired) electrons. The zero-order valence-corrected chi connectivity index (χ0v) is 11.4. The van der Waals surface area contributed by atoms with Crippen LogP contribution in [0.3, 0.4) is 0 Å². The molecule has 0 bridgehead atoms. The van der Waals surface area contributed by atoms with Crippen molar-refractivity contribution in [2.45, 2.75) is 25.9 Å². The van der Waals surface area contributed by atoms with Crippen molar-refractivity contribution in [3.8, 4) is 0 Å². The number of hydrogen-bond acceptors (Lipinski definition) is 3. The van der Waals surface area contributed by atoms with E-state index in [4.69, 9.17) is 0 Å². The van der Waals surface area contributed by atoms with Crippen molar-refractivity contribution in [2.24, 2.45) is 0 Å². The monoisotopic (exact) mass is 245 g/mol. The zero-order chi connectivity index (χ0) is 12.5. The number of aryl methyl sites for hydroxylation is 1. The van der Waals surface area contributed by atoms with Crippen LogP contribution in [0.25, 0.3) is 0 Å². The second kappa shape index (κ2) is 4.90. The number of nitrogens with zero attached hydrogens (tertiary/aromatic N) is 2. The fourth-order valence-electron chi connectivity index (χ4n) is 3.03. The predicted octanol–water partition coefficient (Wildman–Crippen LogP) is 1.48. The van der Waals surface area contributed by atoms with Gasteiger partial charge in [-0.2, -0.15) is 0 Å². The fourth-order valence-corrected chi connectivity index (χ4v) is 3.03. The molecule has 1 N–H and O–H groups in total. The normalized spacial score (nSPS) is 26.1. The van der Waals surface area contributed by atoms with Crippen LogP contribution in [0, 0.1) is 6.92 Å². The molecule has 18 heavy (non-hydrogen) atoms. The van der Waals surface area contributed by atoms with Crippen molar-refractivity contribution in [1.29, 1.82) is 0 Å². The topological polar surface area (TPSA) is 18.5 Å². The molecule has 1 atom stereocenters. The Hall–Kier alpha value is -1.06. The highest BCUT2D eigenvalue weighted by atomic mass is 15.3. The predicted molar refractivity (Wildman–Crippen MR) is 76.2 cm³/mol. The van der Waals surface area contributed by atoms with Crippen molar-refractivity contribution in [1.82, 2.24) is 10.2 Å². The number of hydrogen-bond donors (Lipinski definition) is 1. The lowest BCUT2D eigenvalue weighted by Gasteiger charge is -2.50. The maximum absolute atomic E-state index is 3.46. The standard InChI is InChI=1S/C15H23N3/c1-12-3-5-14(6-4-12)17-10-15(11-17)18-8-7-16-9-13(18)2/h3-6,13,15-16H,7-11H2,1-2H3. The van der Waals surface area contributed by atoms with E-state index in [1.54, 1.807) is 0 Å². The quantitative estimate of drug-likeness (QED) is 0.851. The zero-order valence-electron chi connectivity index (χ0n) is 11.4. The average molecular weight is 245 g/mol. The summed E-state index contributed by atoms with van der Waals surface area (Å²) < 4.78 is 0. The van der Waals surface area contributed by atoms with Gasteiger partial charge in [0.25, 0.3) is 0 Å². The molecule has 3 nitrogen and oxygen atoms in total. The smallest absolute Gasteiger partial charge is 0.0450 e. The van der Waals surface area contributed by atoms with Crippen LogP contribution < -0.4 is 10.2 Å². The largest absolute Gasteiger partial charge is 0.368 e. The molecule has 3 heteroatoms. The van der Waals surface area contributed by atoms with E-state index in [1.807, 2.05) is 0 Å². The van der Waals surface area contributed by atoms with Crippen LogP contribution in [0.4, 0.5) is 5.69 Å². The first kappa shape index (κ1) is 12.0. The van der Waals surface area contributed by atoms with Crippen LogP contribution in [0.1, 0.15) is 12.5 Å². The van der Waals surface area contributed by atoms with Gasteiger partial charge in [0.2, 0.25) is 0 Å². The number of piperazine rings is 1. The molecule has 0 spiro atoms. The van der Waals surface area contributed by atoms with Gasteiger partial charge in [0.1, 0.15) is 0 Å². The highest BCUT2D eigenvalue weighted by Crippen LogP contribution is 2.25. The van der Waals surface area contributed by atoms with E-state index in [1.165, 1.54) is 30.9 Å². The summed E-state index contributed by atoms with van der Waals surface area (Å²) in [5.74, 6) is 0. The van der Waals surface area contributed by atoms with Gasteiger partial charge in [-0.1, -0.05) is 17.7 Å². The Labute approximate surface area is 110 Å². The molecular formula is C15H23N3. The van der Waals surface area contributed by atoms with Crippen molar-refractivity contribution in [2.75, 3.05) is 37.6 Å². The Kier molecular flexibility index (Phi) is 3.27. The number of anilines is 1. The molecule has 2 heterocycles. The summed E-state index contributed by atoms with van der Waals surface area (Å²) in [4.78, 5) is 5.15. The molecule has 1 unspecified atom stereocenters. The third-order valence-corrected chi connectivity index (χ3v) is 4.28. The summed E-state index contributed by atoms with van der Waals surface area (Å²) in [6.45, 7) is 10.3. The highest BCUT2D eigenvalue weighted by molar-refractivity contribution is 5.50. The SMILES string of the molecule is Cc1ccc(N2CC(N3CCNCC3C)C2)cc1. The van der Waals surface area contributed by atoms with E-state index >= 15 is 0 Å². The van der Waals surface area contributed by atoms with Gasteiger partial charge in [0.15, 0.2) is 0 Å². The molecule has 2 saturated heterocycles. The Balaban J connectivity index is 1.58. The number of benzene rings is 1. The Morgan fingerprint density at radius 3 is 2.56 bits per heavy atom. The molecule has 1 aromatic rings. The van der Waals surface area contributed by atoms with Crippen molar-refractivity contribution in [3.05, 3.63) is 29.8 Å². The minimum atomic E-state index is 0.684. The van der Waals surface area contributed by atoms with E-state index in [9.17, 15) is 0 Å². The first-order chi connectivity index (χ1) is 8.74. The maximum atomic E-state index is 3.46. The van der Waals surface area contributed by atoms with Crippen LogP contribution in [0.2, 0.25) is 0 Å². The van der Waals surface area contributed by atoms with Gasteiger partial charge in [0.05, 0.1) is 0 Å². The Morgan fingerprint density at radius 1 is 1.17 bits per heavy atom. The summed E-state index contributed by atoms with van der Waals surface area (Å²) >= 11 is 0. The molecule has 98 valence electrons. The molecule has 3 rings (SSSR count). The third kappa shape index (κ3) is 2.25. The van der Waals surface area contributed by atoms with Gasteiger partial charge >= 0.3 is 0 Å². The molecule has 0 aliphatic carbocycles. The van der Waals surface area contributed by atoms with E-state index in [0.717, 1.165) is 19.1 Å². The molecular weight excluding hydrogens is 222 g/mol. The van der Waals surface area contributed by atoms with E-state index in [2.05, 4.69) is 53.2 Å². The maximum Gasteiger partial charge on any atom is 0.0450 e.